The number of benzene rings is 1. The topological polar surface area (TPSA) is 95.7 Å². The zero-order valence-corrected chi connectivity index (χ0v) is 11.6. The van der Waals surface area contributed by atoms with E-state index in [1.807, 2.05) is 0 Å². The van der Waals surface area contributed by atoms with Crippen LogP contribution in [0.3, 0.4) is 0 Å². The largest absolute Gasteiger partial charge is 0.534 e. The van der Waals surface area contributed by atoms with Gasteiger partial charge in [-0.1, -0.05) is 12.1 Å². The zero-order valence-electron chi connectivity index (χ0n) is 10.8. The van der Waals surface area contributed by atoms with Gasteiger partial charge in [0, 0.05) is 0 Å². The highest BCUT2D eigenvalue weighted by Gasteiger charge is 2.48. The molecule has 1 aromatic carbocycles. The van der Waals surface area contributed by atoms with E-state index < -0.39 is 33.4 Å². The number of carbonyl (C=O) groups excluding carboxylic acids is 1. The van der Waals surface area contributed by atoms with Gasteiger partial charge in [0.25, 0.3) is 0 Å². The van der Waals surface area contributed by atoms with Crippen LogP contribution < -0.4 is 9.92 Å². The van der Waals surface area contributed by atoms with Gasteiger partial charge in [-0.25, -0.2) is 0 Å². The van der Waals surface area contributed by atoms with E-state index in [0.717, 1.165) is 12.1 Å². The van der Waals surface area contributed by atoms with Crippen LogP contribution >= 0.6 is 0 Å². The summed E-state index contributed by atoms with van der Waals surface area (Å²) in [6, 6.07) is 3.72. The standard InChI is InChI=1S/C11H12F3NO5S/c1-19-10(16)9(15)6-7-2-4-8(5-3-7)20-21(17,18)11(12,13)14/h2-5,9H,6,15H2,1H3. The smallest absolute Gasteiger partial charge is 0.468 e. The van der Waals surface area contributed by atoms with Crippen molar-refractivity contribution >= 4 is 16.1 Å². The van der Waals surface area contributed by atoms with Gasteiger partial charge in [-0.05, 0) is 24.1 Å². The summed E-state index contributed by atoms with van der Waals surface area (Å²) in [4.78, 5) is 11.1. The second-order valence-corrected chi connectivity index (χ2v) is 5.50. The van der Waals surface area contributed by atoms with Crippen molar-refractivity contribution in [2.75, 3.05) is 7.11 Å². The summed E-state index contributed by atoms with van der Waals surface area (Å²) < 4.78 is 66.3. The number of halogens is 3. The molecule has 0 saturated carbocycles. The van der Waals surface area contributed by atoms with Crippen LogP contribution in [0.4, 0.5) is 13.2 Å². The predicted molar refractivity (Wildman–Crippen MR) is 65.7 cm³/mol. The number of alkyl halides is 3. The highest BCUT2D eigenvalue weighted by molar-refractivity contribution is 7.87. The zero-order chi connectivity index (χ0) is 16.3. The first kappa shape index (κ1) is 17.2. The van der Waals surface area contributed by atoms with Gasteiger partial charge < -0.3 is 14.7 Å². The molecule has 0 aliphatic carbocycles. The monoisotopic (exact) mass is 327 g/mol. The fraction of sp³-hybridized carbons (Fsp3) is 0.364. The van der Waals surface area contributed by atoms with E-state index in [1.165, 1.54) is 19.2 Å². The van der Waals surface area contributed by atoms with Crippen LogP contribution in [-0.4, -0.2) is 33.0 Å². The summed E-state index contributed by atoms with van der Waals surface area (Å²) in [7, 11) is -4.54. The Labute approximate surface area is 118 Å². The molecule has 21 heavy (non-hydrogen) atoms. The summed E-state index contributed by atoms with van der Waals surface area (Å²) in [5.41, 5.74) is 0.509. The number of rotatable bonds is 5. The van der Waals surface area contributed by atoms with E-state index in [4.69, 9.17) is 5.73 Å². The first-order chi connectivity index (χ1) is 9.56. The molecule has 0 aromatic heterocycles. The number of carbonyl (C=O) groups is 1. The van der Waals surface area contributed by atoms with E-state index in [-0.39, 0.29) is 6.42 Å². The van der Waals surface area contributed by atoms with Gasteiger partial charge in [-0.2, -0.15) is 21.6 Å². The van der Waals surface area contributed by atoms with Crippen LogP contribution in [0.15, 0.2) is 24.3 Å². The molecule has 0 amide bonds. The lowest BCUT2D eigenvalue weighted by molar-refractivity contribution is -0.142. The first-order valence-corrected chi connectivity index (χ1v) is 6.91. The molecule has 1 unspecified atom stereocenters. The quantitative estimate of drug-likeness (QED) is 0.492. The molecule has 0 spiro atoms. The van der Waals surface area contributed by atoms with E-state index in [1.54, 1.807) is 0 Å². The lowest BCUT2D eigenvalue weighted by Crippen LogP contribution is -2.33. The Hall–Kier alpha value is -1.81. The molecule has 0 fully saturated rings. The number of hydrogen-bond donors (Lipinski definition) is 1. The van der Waals surface area contributed by atoms with Crippen molar-refractivity contribution in [3.63, 3.8) is 0 Å². The summed E-state index contributed by atoms with van der Waals surface area (Å²) in [6.07, 6.45) is 0.0823. The summed E-state index contributed by atoms with van der Waals surface area (Å²) in [5, 5.41) is 0. The molecule has 2 N–H and O–H groups in total. The minimum Gasteiger partial charge on any atom is -0.468 e. The Morgan fingerprint density at radius 3 is 2.24 bits per heavy atom. The molecule has 0 aliphatic rings. The molecule has 1 atom stereocenters. The van der Waals surface area contributed by atoms with Crippen LogP contribution in [-0.2, 0) is 26.1 Å². The van der Waals surface area contributed by atoms with Gasteiger partial charge in [0.15, 0.2) is 0 Å². The van der Waals surface area contributed by atoms with Crippen LogP contribution in [0.1, 0.15) is 5.56 Å². The van der Waals surface area contributed by atoms with Crippen LogP contribution in [0, 0.1) is 0 Å². The normalized spacial score (nSPS) is 13.6. The summed E-state index contributed by atoms with van der Waals surface area (Å²) >= 11 is 0. The lowest BCUT2D eigenvalue weighted by atomic mass is 10.1. The minimum atomic E-state index is -5.70. The minimum absolute atomic E-state index is 0.0823. The fourth-order valence-corrected chi connectivity index (χ4v) is 1.80. The maximum atomic E-state index is 12.1. The molecule has 10 heteroatoms. The molecule has 0 heterocycles. The first-order valence-electron chi connectivity index (χ1n) is 5.50. The van der Waals surface area contributed by atoms with Crippen molar-refractivity contribution < 1.29 is 35.3 Å². The number of nitrogens with two attached hydrogens (primary N) is 1. The van der Waals surface area contributed by atoms with E-state index in [2.05, 4.69) is 8.92 Å². The van der Waals surface area contributed by atoms with Crippen molar-refractivity contribution in [3.05, 3.63) is 29.8 Å². The van der Waals surface area contributed by atoms with Crippen molar-refractivity contribution in [2.24, 2.45) is 5.73 Å². The number of hydrogen-bond acceptors (Lipinski definition) is 6. The molecule has 118 valence electrons. The van der Waals surface area contributed by atoms with Crippen molar-refractivity contribution in [3.8, 4) is 5.75 Å². The fourth-order valence-electron chi connectivity index (χ4n) is 1.34. The second-order valence-electron chi connectivity index (χ2n) is 3.96. The number of esters is 1. The third-order valence-corrected chi connectivity index (χ3v) is 3.35. The highest BCUT2D eigenvalue weighted by atomic mass is 32.2. The Kier molecular flexibility index (Phi) is 5.18. The van der Waals surface area contributed by atoms with Crippen molar-refractivity contribution in [1.29, 1.82) is 0 Å². The summed E-state index contributed by atoms with van der Waals surface area (Å²) in [6.45, 7) is 0. The SMILES string of the molecule is COC(=O)C(N)Cc1ccc(OS(=O)(=O)C(F)(F)F)cc1. The van der Waals surface area contributed by atoms with Crippen molar-refractivity contribution in [1.82, 2.24) is 0 Å². The van der Waals surface area contributed by atoms with Gasteiger partial charge in [0.2, 0.25) is 0 Å². The molecule has 1 rings (SSSR count). The molecule has 0 radical (unpaired) electrons. The molecule has 0 aliphatic heterocycles. The maximum absolute atomic E-state index is 12.1. The van der Waals surface area contributed by atoms with Gasteiger partial charge >= 0.3 is 21.6 Å². The van der Waals surface area contributed by atoms with Crippen molar-refractivity contribution in [2.45, 2.75) is 18.0 Å². The van der Waals surface area contributed by atoms with Gasteiger partial charge in [0.1, 0.15) is 11.8 Å². The average Bonchev–Trinajstić information content (AvgIpc) is 2.38. The van der Waals surface area contributed by atoms with Gasteiger partial charge in [0.05, 0.1) is 7.11 Å². The average molecular weight is 327 g/mol. The van der Waals surface area contributed by atoms with E-state index in [9.17, 15) is 26.4 Å². The predicted octanol–water partition coefficient (Wildman–Crippen LogP) is 0.958. The Morgan fingerprint density at radius 2 is 1.81 bits per heavy atom. The number of ether oxygens (including phenoxy) is 1. The summed E-state index contributed by atoms with van der Waals surface area (Å²) in [5.74, 6) is -1.14. The molecule has 6 nitrogen and oxygen atoms in total. The Balaban J connectivity index is 2.78. The third kappa shape index (κ3) is 4.60. The molecular formula is C11H12F3NO5S. The van der Waals surface area contributed by atoms with Crippen LogP contribution in [0.2, 0.25) is 0 Å². The lowest BCUT2D eigenvalue weighted by Gasteiger charge is -2.11. The maximum Gasteiger partial charge on any atom is 0.534 e. The van der Waals surface area contributed by atoms with E-state index >= 15 is 0 Å². The Bertz CT molecular complexity index is 597. The van der Waals surface area contributed by atoms with Crippen LogP contribution in [0.5, 0.6) is 5.75 Å². The third-order valence-electron chi connectivity index (χ3n) is 2.37. The molecule has 0 bridgehead atoms. The van der Waals surface area contributed by atoms with Gasteiger partial charge in [-0.15, -0.1) is 0 Å². The molecular weight excluding hydrogens is 315 g/mol. The van der Waals surface area contributed by atoms with E-state index in [0.29, 0.717) is 5.56 Å². The number of methoxy groups -OCH3 is 1. The molecule has 1 aromatic rings. The Morgan fingerprint density at radius 1 is 1.29 bits per heavy atom. The molecule has 0 saturated heterocycles. The second kappa shape index (κ2) is 6.31. The highest BCUT2D eigenvalue weighted by Crippen LogP contribution is 2.27. The van der Waals surface area contributed by atoms with Gasteiger partial charge in [-0.3, -0.25) is 4.79 Å². The van der Waals surface area contributed by atoms with Crippen LogP contribution in [0.25, 0.3) is 0 Å².